The molecule has 0 aliphatic heterocycles. The van der Waals surface area contributed by atoms with Gasteiger partial charge < -0.3 is 9.52 Å². The van der Waals surface area contributed by atoms with E-state index in [4.69, 9.17) is 14.4 Å². The van der Waals surface area contributed by atoms with E-state index >= 15 is 4.39 Å². The minimum absolute atomic E-state index is 0.0652. The van der Waals surface area contributed by atoms with Crippen LogP contribution in [0.2, 0.25) is 0 Å². The van der Waals surface area contributed by atoms with Gasteiger partial charge in [0.2, 0.25) is 0 Å². The van der Waals surface area contributed by atoms with E-state index in [9.17, 15) is 5.11 Å². The number of hydrogen-bond donors (Lipinski definition) is 1. The first kappa shape index (κ1) is 38.7. The minimum atomic E-state index is -0.314. The van der Waals surface area contributed by atoms with Gasteiger partial charge in [0.1, 0.15) is 22.7 Å². The van der Waals surface area contributed by atoms with Gasteiger partial charge >= 0.3 is 0 Å². The van der Waals surface area contributed by atoms with Crippen molar-refractivity contribution in [3.8, 4) is 67.5 Å². The van der Waals surface area contributed by atoms with Crippen molar-refractivity contribution in [2.45, 2.75) is 65.7 Å². The average Bonchev–Trinajstić information content (AvgIpc) is 3.88. The molecule has 0 bridgehead atoms. The lowest BCUT2D eigenvalue weighted by Gasteiger charge is -2.23. The Morgan fingerprint density at radius 2 is 1.35 bits per heavy atom. The molecule has 0 aliphatic carbocycles. The van der Waals surface area contributed by atoms with E-state index in [1.165, 1.54) is 6.07 Å². The largest absolute Gasteiger partial charge is 0.507 e. The molecule has 0 saturated carbocycles. The Morgan fingerprint density at radius 1 is 0.650 bits per heavy atom. The van der Waals surface area contributed by atoms with Crippen molar-refractivity contribution in [1.82, 2.24) is 14.5 Å². The van der Waals surface area contributed by atoms with E-state index in [2.05, 4.69) is 120 Å². The molecular weight excluding hydrogens is 742 g/mol. The van der Waals surface area contributed by atoms with Crippen LogP contribution >= 0.6 is 0 Å². The van der Waals surface area contributed by atoms with Gasteiger partial charge in [0, 0.05) is 22.7 Å². The number of halogens is 1. The van der Waals surface area contributed by atoms with Crippen LogP contribution in [0, 0.1) is 5.82 Å². The van der Waals surface area contributed by atoms with Gasteiger partial charge in [0.05, 0.1) is 28.7 Å². The molecule has 0 fully saturated rings. The number of fused-ring (bicyclic) bond motifs is 2. The maximum atomic E-state index is 15.1. The van der Waals surface area contributed by atoms with E-state index in [1.807, 2.05) is 48.7 Å². The van der Waals surface area contributed by atoms with Crippen LogP contribution in [0.1, 0.15) is 77.0 Å². The van der Waals surface area contributed by atoms with Gasteiger partial charge in [-0.3, -0.25) is 9.55 Å². The van der Waals surface area contributed by atoms with Crippen molar-refractivity contribution in [2.75, 3.05) is 0 Å². The number of phenols is 1. The zero-order chi connectivity index (χ0) is 41.9. The Bertz CT molecular complexity index is 3030. The molecule has 6 heteroatoms. The smallest absolute Gasteiger partial charge is 0.153 e. The highest BCUT2D eigenvalue weighted by Gasteiger charge is 2.28. The van der Waals surface area contributed by atoms with Crippen molar-refractivity contribution in [3.05, 3.63) is 168 Å². The van der Waals surface area contributed by atoms with Crippen molar-refractivity contribution in [2.24, 2.45) is 0 Å². The number of benzene rings is 6. The predicted octanol–water partition coefficient (Wildman–Crippen LogP) is 14.9. The standard InChI is InChI=1S/C54H48FN3O2/c1-32(2)43-17-12-18-44(33(3)4)51(43)58-47-31-38(36-15-11-16-42(55)28-36)29-45(50(47)57-53(58)49-48(59)20-19-35-22-24-60-52(35)49)39-25-40(27-41(26-39)54(5,6)7)46-30-37(21-23-56-46)34-13-9-8-10-14-34/h8-33,59H,1-7H3. The van der Waals surface area contributed by atoms with Gasteiger partial charge in [-0.2, -0.15) is 0 Å². The average molecular weight is 790 g/mol. The summed E-state index contributed by atoms with van der Waals surface area (Å²) in [6.45, 7) is 15.5. The van der Waals surface area contributed by atoms with Crippen LogP contribution in [0.5, 0.6) is 5.75 Å². The first-order chi connectivity index (χ1) is 28.9. The molecule has 3 heterocycles. The normalized spacial score (nSPS) is 12.0. The lowest BCUT2D eigenvalue weighted by atomic mass is 9.83. The number of para-hydroxylation sites is 1. The molecule has 0 saturated heterocycles. The molecule has 0 amide bonds. The second kappa shape index (κ2) is 15.1. The highest BCUT2D eigenvalue weighted by molar-refractivity contribution is 6.03. The number of nitrogens with zero attached hydrogens (tertiary/aromatic N) is 3. The van der Waals surface area contributed by atoms with Gasteiger partial charge in [-0.15, -0.1) is 0 Å². The zero-order valence-electron chi connectivity index (χ0n) is 35.1. The second-order valence-corrected chi connectivity index (χ2v) is 17.4. The number of pyridine rings is 1. The Kier molecular flexibility index (Phi) is 9.75. The summed E-state index contributed by atoms with van der Waals surface area (Å²) in [5.74, 6) is 0.628. The van der Waals surface area contributed by atoms with Gasteiger partial charge in [-0.1, -0.05) is 115 Å². The third kappa shape index (κ3) is 6.96. The zero-order valence-corrected chi connectivity index (χ0v) is 35.1. The van der Waals surface area contributed by atoms with Crippen LogP contribution in [0.3, 0.4) is 0 Å². The number of rotatable bonds is 8. The predicted molar refractivity (Wildman–Crippen MR) is 244 cm³/mol. The van der Waals surface area contributed by atoms with Crippen molar-refractivity contribution >= 4 is 22.0 Å². The van der Waals surface area contributed by atoms with Crippen molar-refractivity contribution in [3.63, 3.8) is 0 Å². The Balaban J connectivity index is 1.43. The summed E-state index contributed by atoms with van der Waals surface area (Å²) in [6, 6.07) is 44.2. The summed E-state index contributed by atoms with van der Waals surface area (Å²) in [7, 11) is 0. The van der Waals surface area contributed by atoms with Gasteiger partial charge in [-0.05, 0) is 128 Å². The highest BCUT2D eigenvalue weighted by atomic mass is 19.1. The Labute approximate surface area is 350 Å². The van der Waals surface area contributed by atoms with Crippen LogP contribution in [-0.2, 0) is 5.41 Å². The molecule has 9 rings (SSSR count). The number of hydrogen-bond acceptors (Lipinski definition) is 4. The molecule has 0 unspecified atom stereocenters. The third-order valence-corrected chi connectivity index (χ3v) is 11.6. The van der Waals surface area contributed by atoms with Crippen LogP contribution in [0.15, 0.2) is 150 Å². The molecule has 9 aromatic rings. The molecule has 60 heavy (non-hydrogen) atoms. The molecule has 0 aliphatic rings. The molecule has 3 aromatic heterocycles. The lowest BCUT2D eigenvalue weighted by molar-refractivity contribution is 0.476. The molecule has 1 N–H and O–H groups in total. The Hall–Kier alpha value is -6.79. The maximum Gasteiger partial charge on any atom is 0.153 e. The molecule has 0 spiro atoms. The van der Waals surface area contributed by atoms with Gasteiger partial charge in [0.25, 0.3) is 0 Å². The van der Waals surface area contributed by atoms with Gasteiger partial charge in [0.15, 0.2) is 5.82 Å². The molecule has 0 radical (unpaired) electrons. The number of aromatic hydroxyl groups is 1. The molecular formula is C54H48FN3O2. The van der Waals surface area contributed by atoms with E-state index < -0.39 is 0 Å². The molecule has 5 nitrogen and oxygen atoms in total. The monoisotopic (exact) mass is 789 g/mol. The van der Waals surface area contributed by atoms with Crippen molar-refractivity contribution in [1.29, 1.82) is 0 Å². The quantitative estimate of drug-likeness (QED) is 0.167. The number of phenolic OH excluding ortho intramolecular Hbond substituents is 1. The van der Waals surface area contributed by atoms with E-state index in [0.29, 0.717) is 17.0 Å². The summed E-state index contributed by atoms with van der Waals surface area (Å²) in [4.78, 5) is 10.5. The van der Waals surface area contributed by atoms with Crippen molar-refractivity contribution < 1.29 is 13.9 Å². The van der Waals surface area contributed by atoms with E-state index in [1.54, 1.807) is 24.5 Å². The van der Waals surface area contributed by atoms with Crippen LogP contribution in [0.4, 0.5) is 4.39 Å². The SMILES string of the molecule is CC(C)c1cccc(C(C)C)c1-n1c(-c2c(O)ccc3ccoc23)nc2c(-c3cc(-c4cc(-c5ccccc5)ccn4)cc(C(C)(C)C)c3)cc(-c3cccc(F)c3)cc21. The Morgan fingerprint density at radius 3 is 2.07 bits per heavy atom. The molecule has 6 aromatic carbocycles. The second-order valence-electron chi connectivity index (χ2n) is 17.4. The number of aromatic nitrogens is 3. The fourth-order valence-corrected chi connectivity index (χ4v) is 8.40. The molecule has 0 atom stereocenters. The number of imidazole rings is 1. The maximum absolute atomic E-state index is 15.1. The van der Waals surface area contributed by atoms with Crippen LogP contribution < -0.4 is 0 Å². The topological polar surface area (TPSA) is 64.1 Å². The molecule has 298 valence electrons. The number of furan rings is 1. The summed E-state index contributed by atoms with van der Waals surface area (Å²) in [5, 5.41) is 12.7. The van der Waals surface area contributed by atoms with Crippen LogP contribution in [-0.4, -0.2) is 19.6 Å². The van der Waals surface area contributed by atoms with E-state index in [0.717, 1.165) is 83.4 Å². The third-order valence-electron chi connectivity index (χ3n) is 11.6. The van der Waals surface area contributed by atoms with E-state index in [-0.39, 0.29) is 28.8 Å². The lowest BCUT2D eigenvalue weighted by Crippen LogP contribution is -2.11. The fourth-order valence-electron chi connectivity index (χ4n) is 8.40. The fraction of sp³-hybridized carbons (Fsp3) is 0.185. The summed E-state index contributed by atoms with van der Waals surface area (Å²) in [6.07, 6.45) is 3.52. The highest BCUT2D eigenvalue weighted by Crippen LogP contribution is 2.46. The van der Waals surface area contributed by atoms with Gasteiger partial charge in [-0.25, -0.2) is 9.37 Å². The first-order valence-electron chi connectivity index (χ1n) is 20.7. The van der Waals surface area contributed by atoms with Crippen LogP contribution in [0.25, 0.3) is 83.7 Å². The minimum Gasteiger partial charge on any atom is -0.507 e. The summed E-state index contributed by atoms with van der Waals surface area (Å²) >= 11 is 0. The summed E-state index contributed by atoms with van der Waals surface area (Å²) < 4.78 is 23.5. The summed E-state index contributed by atoms with van der Waals surface area (Å²) in [5.41, 5.74) is 14.3. The first-order valence-corrected chi connectivity index (χ1v) is 20.7.